The lowest BCUT2D eigenvalue weighted by Gasteiger charge is -2.13. The third-order valence-electron chi connectivity index (χ3n) is 7.42. The molecule has 1 aliphatic heterocycles. The summed E-state index contributed by atoms with van der Waals surface area (Å²) in [7, 11) is 0. The van der Waals surface area contributed by atoms with Gasteiger partial charge in [-0.05, 0) is 34.7 Å². The number of fused-ring (bicyclic) bond motifs is 6. The van der Waals surface area contributed by atoms with Crippen molar-refractivity contribution < 1.29 is 0 Å². The summed E-state index contributed by atoms with van der Waals surface area (Å²) >= 11 is 0. The lowest BCUT2D eigenvalue weighted by molar-refractivity contribution is 1.11. The molecule has 0 atom stereocenters. The van der Waals surface area contributed by atoms with Crippen LogP contribution in [0.1, 0.15) is 0 Å². The van der Waals surface area contributed by atoms with Gasteiger partial charge in [0.2, 0.25) is 0 Å². The van der Waals surface area contributed by atoms with Gasteiger partial charge in [0.1, 0.15) is 5.82 Å². The van der Waals surface area contributed by atoms with Gasteiger partial charge in [0.05, 0.1) is 22.4 Å². The number of imidazole rings is 1. The van der Waals surface area contributed by atoms with Crippen LogP contribution in [0, 0.1) is 0 Å². The minimum Gasteiger partial charge on any atom is -0.291 e. The molecule has 3 heterocycles. The summed E-state index contributed by atoms with van der Waals surface area (Å²) in [5.41, 5.74) is 11.4. The molecule has 2 aromatic heterocycles. The van der Waals surface area contributed by atoms with E-state index in [1.54, 1.807) is 0 Å². The van der Waals surface area contributed by atoms with Crippen molar-refractivity contribution >= 4 is 21.8 Å². The smallest absolute Gasteiger partial charge is 0.145 e. The van der Waals surface area contributed by atoms with Crippen LogP contribution in [0.3, 0.4) is 0 Å². The van der Waals surface area contributed by atoms with Crippen molar-refractivity contribution in [3.05, 3.63) is 128 Å². The number of pyridine rings is 1. The van der Waals surface area contributed by atoms with E-state index in [9.17, 15) is 0 Å². The van der Waals surface area contributed by atoms with E-state index in [-0.39, 0.29) is 0 Å². The van der Waals surface area contributed by atoms with E-state index in [1.807, 2.05) is 6.20 Å². The van der Waals surface area contributed by atoms with Gasteiger partial charge < -0.3 is 0 Å². The van der Waals surface area contributed by atoms with Crippen molar-refractivity contribution in [3.8, 4) is 50.6 Å². The number of para-hydroxylation sites is 2. The summed E-state index contributed by atoms with van der Waals surface area (Å²) in [5.74, 6) is 0.945. The van der Waals surface area contributed by atoms with E-state index in [4.69, 9.17) is 9.97 Å². The molecule has 3 nitrogen and oxygen atoms in total. The Kier molecular flexibility index (Phi) is 4.23. The zero-order chi connectivity index (χ0) is 24.3. The molecule has 5 aromatic carbocycles. The number of aromatic nitrogens is 3. The first-order valence-electron chi connectivity index (χ1n) is 12.5. The maximum atomic E-state index is 5.17. The summed E-state index contributed by atoms with van der Waals surface area (Å²) in [6.07, 6.45) is 1.89. The average Bonchev–Trinajstić information content (AvgIpc) is 3.31. The zero-order valence-electron chi connectivity index (χ0n) is 20.0. The van der Waals surface area contributed by atoms with Crippen LogP contribution in [0.25, 0.3) is 72.4 Å². The molecule has 1 aliphatic rings. The molecule has 37 heavy (non-hydrogen) atoms. The van der Waals surface area contributed by atoms with Crippen molar-refractivity contribution in [1.82, 2.24) is 14.5 Å². The summed E-state index contributed by atoms with van der Waals surface area (Å²) in [6, 6.07) is 42.9. The molecular formula is C34H21N3. The Morgan fingerprint density at radius 3 is 2.05 bits per heavy atom. The van der Waals surface area contributed by atoms with E-state index in [0.717, 1.165) is 44.8 Å². The first-order chi connectivity index (χ1) is 18.4. The number of rotatable bonds is 2. The summed E-state index contributed by atoms with van der Waals surface area (Å²) < 4.78 is 2.34. The molecule has 0 fully saturated rings. The number of hydrogen-bond donors (Lipinski definition) is 0. The van der Waals surface area contributed by atoms with Gasteiger partial charge in [0, 0.05) is 33.8 Å². The molecule has 0 saturated carbocycles. The number of hydrogen-bond acceptors (Lipinski definition) is 2. The first-order valence-corrected chi connectivity index (χ1v) is 12.5. The van der Waals surface area contributed by atoms with Crippen LogP contribution in [-0.4, -0.2) is 14.5 Å². The Morgan fingerprint density at radius 1 is 0.514 bits per heavy atom. The number of benzene rings is 5. The minimum atomic E-state index is 0.945. The Balaban J connectivity index is 1.37. The van der Waals surface area contributed by atoms with Crippen LogP contribution in [-0.2, 0) is 0 Å². The van der Waals surface area contributed by atoms with Gasteiger partial charge in [-0.25, -0.2) is 4.98 Å². The molecule has 0 spiro atoms. The molecule has 0 aliphatic carbocycles. The van der Waals surface area contributed by atoms with Crippen molar-refractivity contribution in [2.45, 2.75) is 0 Å². The molecule has 0 N–H and O–H groups in total. The minimum absolute atomic E-state index is 0.945. The molecule has 0 radical (unpaired) electrons. The second-order valence-electron chi connectivity index (χ2n) is 9.46. The van der Waals surface area contributed by atoms with Gasteiger partial charge in [-0.1, -0.05) is 103 Å². The summed E-state index contributed by atoms with van der Waals surface area (Å²) in [6.45, 7) is 0. The third-order valence-corrected chi connectivity index (χ3v) is 7.42. The van der Waals surface area contributed by atoms with Crippen LogP contribution in [0.4, 0.5) is 0 Å². The van der Waals surface area contributed by atoms with Crippen molar-refractivity contribution in [3.63, 3.8) is 0 Å². The molecule has 3 heteroatoms. The van der Waals surface area contributed by atoms with Crippen LogP contribution < -0.4 is 0 Å². The molecule has 0 amide bonds. The monoisotopic (exact) mass is 471 g/mol. The fourth-order valence-electron chi connectivity index (χ4n) is 5.75. The van der Waals surface area contributed by atoms with E-state index < -0.39 is 0 Å². The van der Waals surface area contributed by atoms with Crippen molar-refractivity contribution in [2.75, 3.05) is 0 Å². The van der Waals surface area contributed by atoms with E-state index in [1.165, 1.54) is 27.6 Å². The van der Waals surface area contributed by atoms with E-state index in [0.29, 0.717) is 0 Å². The second-order valence-corrected chi connectivity index (χ2v) is 9.46. The van der Waals surface area contributed by atoms with E-state index >= 15 is 0 Å². The van der Waals surface area contributed by atoms with Gasteiger partial charge in [0.25, 0.3) is 0 Å². The van der Waals surface area contributed by atoms with Gasteiger partial charge in [-0.3, -0.25) is 9.55 Å². The Bertz CT molecular complexity index is 1970. The SMILES string of the molecule is c1ccc2c(c1)-c1ccccc1-n1c(-c3ccc(-c4nccc5ccccc45)cc3)nc3cccc-2c31. The number of nitrogens with zero attached hydrogens (tertiary/aromatic N) is 3. The Labute approximate surface area is 214 Å². The standard InChI is InChI=1S/C34H21N3/c1-2-9-25-22(8-1)20-21-35-32(25)23-16-18-24(19-17-23)34-36-30-14-7-13-29-27-11-4-3-10-26(27)28-12-5-6-15-31(28)37(34)33(29)30/h1-21H. The summed E-state index contributed by atoms with van der Waals surface area (Å²) in [4.78, 5) is 9.88. The highest BCUT2D eigenvalue weighted by Crippen LogP contribution is 2.45. The third kappa shape index (κ3) is 2.95. The highest BCUT2D eigenvalue weighted by molar-refractivity contribution is 6.03. The molecule has 7 aromatic rings. The van der Waals surface area contributed by atoms with Gasteiger partial charge in [-0.15, -0.1) is 0 Å². The lowest BCUT2D eigenvalue weighted by atomic mass is 9.94. The zero-order valence-corrected chi connectivity index (χ0v) is 20.0. The highest BCUT2D eigenvalue weighted by atomic mass is 15.1. The lowest BCUT2D eigenvalue weighted by Crippen LogP contribution is -1.99. The van der Waals surface area contributed by atoms with Crippen LogP contribution in [0.2, 0.25) is 0 Å². The maximum Gasteiger partial charge on any atom is 0.145 e. The predicted octanol–water partition coefficient (Wildman–Crippen LogP) is 8.56. The first kappa shape index (κ1) is 20.2. The maximum absolute atomic E-state index is 5.17. The largest absolute Gasteiger partial charge is 0.291 e. The Morgan fingerprint density at radius 2 is 1.19 bits per heavy atom. The normalized spacial score (nSPS) is 11.8. The molecule has 0 bridgehead atoms. The molecule has 0 unspecified atom stereocenters. The van der Waals surface area contributed by atoms with Crippen LogP contribution >= 0.6 is 0 Å². The van der Waals surface area contributed by atoms with Gasteiger partial charge >= 0.3 is 0 Å². The average molecular weight is 472 g/mol. The quantitative estimate of drug-likeness (QED) is 0.253. The molecule has 0 saturated heterocycles. The van der Waals surface area contributed by atoms with Crippen LogP contribution in [0.15, 0.2) is 128 Å². The van der Waals surface area contributed by atoms with Gasteiger partial charge in [-0.2, -0.15) is 0 Å². The fraction of sp³-hybridized carbons (Fsp3) is 0. The molecule has 172 valence electrons. The topological polar surface area (TPSA) is 30.7 Å². The van der Waals surface area contributed by atoms with Crippen LogP contribution in [0.5, 0.6) is 0 Å². The molecular weight excluding hydrogens is 450 g/mol. The summed E-state index contributed by atoms with van der Waals surface area (Å²) in [5, 5.41) is 2.35. The molecule has 8 rings (SSSR count). The fourth-order valence-corrected chi connectivity index (χ4v) is 5.75. The van der Waals surface area contributed by atoms with Gasteiger partial charge in [0.15, 0.2) is 0 Å². The van der Waals surface area contributed by atoms with Crippen molar-refractivity contribution in [2.24, 2.45) is 0 Å². The van der Waals surface area contributed by atoms with Crippen molar-refractivity contribution in [1.29, 1.82) is 0 Å². The second kappa shape index (κ2) is 7.74. The van der Waals surface area contributed by atoms with E-state index in [2.05, 4.69) is 126 Å². The predicted molar refractivity (Wildman–Crippen MR) is 152 cm³/mol. The highest BCUT2D eigenvalue weighted by Gasteiger charge is 2.24. The Hall–Kier alpha value is -5.02.